The first-order chi connectivity index (χ1) is 8.40. The van der Waals surface area contributed by atoms with Gasteiger partial charge in [-0.15, -0.1) is 0 Å². The molecule has 1 N–H and O–H groups in total. The molecule has 3 rings (SSSR count). The van der Waals surface area contributed by atoms with E-state index in [4.69, 9.17) is 0 Å². The van der Waals surface area contributed by atoms with Crippen LogP contribution < -0.4 is 5.32 Å². The second kappa shape index (κ2) is 4.62. The Bertz CT molecular complexity index is 471. The van der Waals surface area contributed by atoms with Crippen LogP contribution in [-0.2, 0) is 6.54 Å². The van der Waals surface area contributed by atoms with Gasteiger partial charge in [-0.25, -0.2) is 0 Å². The summed E-state index contributed by atoms with van der Waals surface area (Å²) in [5, 5.41) is 7.88. The Morgan fingerprint density at radius 3 is 2.76 bits per heavy atom. The SMILES string of the molecule is c1ccc(Cn2cc(NC3CCC3)cn2)cc1. The number of aromatic nitrogens is 2. The van der Waals surface area contributed by atoms with E-state index in [9.17, 15) is 0 Å². The van der Waals surface area contributed by atoms with Crippen molar-refractivity contribution in [3.8, 4) is 0 Å². The van der Waals surface area contributed by atoms with Crippen molar-refractivity contribution in [3.05, 3.63) is 48.3 Å². The molecule has 0 aliphatic heterocycles. The quantitative estimate of drug-likeness (QED) is 0.870. The van der Waals surface area contributed by atoms with Crippen LogP contribution in [0.2, 0.25) is 0 Å². The maximum Gasteiger partial charge on any atom is 0.0728 e. The molecule has 1 heterocycles. The van der Waals surface area contributed by atoms with E-state index in [1.54, 1.807) is 0 Å². The van der Waals surface area contributed by atoms with E-state index in [0.29, 0.717) is 6.04 Å². The van der Waals surface area contributed by atoms with Crippen molar-refractivity contribution in [2.24, 2.45) is 0 Å². The highest BCUT2D eigenvalue weighted by Gasteiger charge is 2.17. The number of nitrogens with zero attached hydrogens (tertiary/aromatic N) is 2. The van der Waals surface area contributed by atoms with E-state index >= 15 is 0 Å². The maximum absolute atomic E-state index is 4.38. The van der Waals surface area contributed by atoms with Crippen LogP contribution in [0.25, 0.3) is 0 Å². The average molecular weight is 227 g/mol. The van der Waals surface area contributed by atoms with Gasteiger partial charge in [-0.1, -0.05) is 30.3 Å². The third kappa shape index (κ3) is 2.49. The molecule has 0 unspecified atom stereocenters. The highest BCUT2D eigenvalue weighted by Crippen LogP contribution is 2.22. The molecule has 0 radical (unpaired) electrons. The van der Waals surface area contributed by atoms with Gasteiger partial charge >= 0.3 is 0 Å². The second-order valence-electron chi connectivity index (χ2n) is 4.68. The van der Waals surface area contributed by atoms with Crippen LogP contribution in [0.4, 0.5) is 5.69 Å². The predicted molar refractivity (Wildman–Crippen MR) is 69.0 cm³/mol. The molecule has 1 aliphatic carbocycles. The zero-order chi connectivity index (χ0) is 11.5. The molecule has 0 saturated heterocycles. The summed E-state index contributed by atoms with van der Waals surface area (Å²) in [5.74, 6) is 0. The Hall–Kier alpha value is -1.77. The minimum atomic E-state index is 0.671. The highest BCUT2D eigenvalue weighted by atomic mass is 15.3. The maximum atomic E-state index is 4.38. The fraction of sp³-hybridized carbons (Fsp3) is 0.357. The monoisotopic (exact) mass is 227 g/mol. The summed E-state index contributed by atoms with van der Waals surface area (Å²) in [6.45, 7) is 0.840. The van der Waals surface area contributed by atoms with Crippen LogP contribution in [0.1, 0.15) is 24.8 Å². The minimum absolute atomic E-state index is 0.671. The first-order valence-electron chi connectivity index (χ1n) is 6.23. The molecule has 0 bridgehead atoms. The number of benzene rings is 1. The molecular formula is C14H17N3. The van der Waals surface area contributed by atoms with Crippen molar-refractivity contribution in [3.63, 3.8) is 0 Å². The summed E-state index contributed by atoms with van der Waals surface area (Å²) in [4.78, 5) is 0. The lowest BCUT2D eigenvalue weighted by atomic mass is 9.93. The molecule has 1 aromatic heterocycles. The van der Waals surface area contributed by atoms with Crippen LogP contribution >= 0.6 is 0 Å². The minimum Gasteiger partial charge on any atom is -0.380 e. The van der Waals surface area contributed by atoms with Crippen molar-refractivity contribution in [2.75, 3.05) is 5.32 Å². The third-order valence-electron chi connectivity index (χ3n) is 3.30. The molecule has 3 heteroatoms. The molecule has 2 aromatic rings. The molecule has 88 valence electrons. The van der Waals surface area contributed by atoms with Gasteiger partial charge < -0.3 is 5.32 Å². The lowest BCUT2D eigenvalue weighted by Crippen LogP contribution is -2.26. The van der Waals surface area contributed by atoms with Gasteiger partial charge in [0.15, 0.2) is 0 Å². The first kappa shape index (κ1) is 10.4. The third-order valence-corrected chi connectivity index (χ3v) is 3.30. The molecule has 17 heavy (non-hydrogen) atoms. The van der Waals surface area contributed by atoms with Gasteiger partial charge in [0.05, 0.1) is 18.4 Å². The number of anilines is 1. The summed E-state index contributed by atoms with van der Waals surface area (Å²) in [6.07, 6.45) is 7.95. The predicted octanol–water partition coefficient (Wildman–Crippen LogP) is 2.90. The van der Waals surface area contributed by atoms with Crippen molar-refractivity contribution < 1.29 is 0 Å². The van der Waals surface area contributed by atoms with E-state index < -0.39 is 0 Å². The first-order valence-corrected chi connectivity index (χ1v) is 6.23. The smallest absolute Gasteiger partial charge is 0.0728 e. The Kier molecular flexibility index (Phi) is 2.82. The van der Waals surface area contributed by atoms with Gasteiger partial charge in [0, 0.05) is 12.2 Å². The zero-order valence-electron chi connectivity index (χ0n) is 9.84. The molecular weight excluding hydrogens is 210 g/mol. The van der Waals surface area contributed by atoms with Gasteiger partial charge in [0.2, 0.25) is 0 Å². The fourth-order valence-corrected chi connectivity index (χ4v) is 2.08. The Labute approximate surface area is 101 Å². The molecule has 3 nitrogen and oxygen atoms in total. The Morgan fingerprint density at radius 2 is 2.06 bits per heavy atom. The van der Waals surface area contributed by atoms with E-state index in [1.165, 1.54) is 24.8 Å². The van der Waals surface area contributed by atoms with Gasteiger partial charge in [-0.2, -0.15) is 5.10 Å². The van der Waals surface area contributed by atoms with E-state index in [0.717, 1.165) is 12.2 Å². The van der Waals surface area contributed by atoms with E-state index in [2.05, 4.69) is 40.9 Å². The Morgan fingerprint density at radius 1 is 1.24 bits per heavy atom. The van der Waals surface area contributed by atoms with Crippen LogP contribution in [0.5, 0.6) is 0 Å². The Balaban J connectivity index is 1.64. The summed E-state index contributed by atoms with van der Waals surface area (Å²) in [7, 11) is 0. The number of nitrogens with one attached hydrogen (secondary N) is 1. The lowest BCUT2D eigenvalue weighted by molar-refractivity contribution is 0.445. The number of hydrogen-bond donors (Lipinski definition) is 1. The second-order valence-corrected chi connectivity index (χ2v) is 4.68. The van der Waals surface area contributed by atoms with Crippen molar-refractivity contribution in [1.82, 2.24) is 9.78 Å². The number of hydrogen-bond acceptors (Lipinski definition) is 2. The average Bonchev–Trinajstić information content (AvgIpc) is 2.73. The normalized spacial score (nSPS) is 15.5. The molecule has 1 aliphatic rings. The van der Waals surface area contributed by atoms with E-state index in [-0.39, 0.29) is 0 Å². The van der Waals surface area contributed by atoms with Crippen molar-refractivity contribution in [1.29, 1.82) is 0 Å². The van der Waals surface area contributed by atoms with Crippen LogP contribution in [0.3, 0.4) is 0 Å². The summed E-state index contributed by atoms with van der Waals surface area (Å²) < 4.78 is 1.98. The molecule has 0 atom stereocenters. The van der Waals surface area contributed by atoms with Crippen LogP contribution in [0, 0.1) is 0 Å². The zero-order valence-corrected chi connectivity index (χ0v) is 9.84. The largest absolute Gasteiger partial charge is 0.380 e. The summed E-state index contributed by atoms with van der Waals surface area (Å²) in [5.41, 5.74) is 2.43. The van der Waals surface area contributed by atoms with Crippen LogP contribution in [0.15, 0.2) is 42.7 Å². The standard InChI is InChI=1S/C14H17N3/c1-2-5-12(6-3-1)10-17-11-14(9-15-17)16-13-7-4-8-13/h1-3,5-6,9,11,13,16H,4,7-8,10H2. The van der Waals surface area contributed by atoms with Crippen molar-refractivity contribution >= 4 is 5.69 Å². The number of rotatable bonds is 4. The summed E-state index contributed by atoms with van der Waals surface area (Å²) >= 11 is 0. The van der Waals surface area contributed by atoms with Gasteiger partial charge in [0.25, 0.3) is 0 Å². The topological polar surface area (TPSA) is 29.9 Å². The molecule has 0 spiro atoms. The molecule has 1 saturated carbocycles. The molecule has 0 amide bonds. The van der Waals surface area contributed by atoms with Crippen molar-refractivity contribution in [2.45, 2.75) is 31.8 Å². The molecule has 1 fully saturated rings. The van der Waals surface area contributed by atoms with Crippen LogP contribution in [-0.4, -0.2) is 15.8 Å². The fourth-order valence-electron chi connectivity index (χ4n) is 2.08. The van der Waals surface area contributed by atoms with Gasteiger partial charge in [-0.05, 0) is 24.8 Å². The van der Waals surface area contributed by atoms with Gasteiger partial charge in [-0.3, -0.25) is 4.68 Å². The highest BCUT2D eigenvalue weighted by molar-refractivity contribution is 5.40. The van der Waals surface area contributed by atoms with Gasteiger partial charge in [0.1, 0.15) is 0 Å². The molecule has 1 aromatic carbocycles. The van der Waals surface area contributed by atoms with E-state index in [1.807, 2.05) is 16.9 Å². The lowest BCUT2D eigenvalue weighted by Gasteiger charge is -2.26. The summed E-state index contributed by atoms with van der Waals surface area (Å²) in [6, 6.07) is 11.1.